The monoisotopic (exact) mass is 460 g/mol. The van der Waals surface area contributed by atoms with Gasteiger partial charge in [-0.25, -0.2) is 9.37 Å². The van der Waals surface area contributed by atoms with Crippen molar-refractivity contribution in [2.45, 2.75) is 38.8 Å². The molecule has 0 amide bonds. The van der Waals surface area contributed by atoms with Crippen molar-refractivity contribution in [2.24, 2.45) is 0 Å². The van der Waals surface area contributed by atoms with Gasteiger partial charge in [-0.05, 0) is 67.4 Å². The van der Waals surface area contributed by atoms with Crippen LogP contribution in [0.1, 0.15) is 30.3 Å². The van der Waals surface area contributed by atoms with E-state index in [0.717, 1.165) is 70.9 Å². The van der Waals surface area contributed by atoms with Gasteiger partial charge in [0.05, 0.1) is 16.9 Å². The number of rotatable bonds is 4. The van der Waals surface area contributed by atoms with Crippen LogP contribution in [0.2, 0.25) is 0 Å². The van der Waals surface area contributed by atoms with Crippen molar-refractivity contribution in [3.05, 3.63) is 53.1 Å². The van der Waals surface area contributed by atoms with Crippen molar-refractivity contribution >= 4 is 10.9 Å². The Balaban J connectivity index is 1.31. The SMILES string of the molecule is CCc1cc(O)c(F)cc1-c1ccc2c(-c3nc4c([nH]3)CN(C3CCN(C)C3)CC4)n[nH]c2c1. The number of nitrogens with zero attached hydrogens (tertiary/aromatic N) is 4. The van der Waals surface area contributed by atoms with E-state index in [-0.39, 0.29) is 5.75 Å². The number of imidazole rings is 1. The number of likely N-dealkylation sites (tertiary alicyclic amines) is 1. The molecule has 0 aliphatic carbocycles. The summed E-state index contributed by atoms with van der Waals surface area (Å²) in [6.45, 7) is 6.24. The van der Waals surface area contributed by atoms with Crippen LogP contribution in [0.4, 0.5) is 4.39 Å². The molecule has 0 saturated carbocycles. The normalized spacial score (nSPS) is 19.2. The highest BCUT2D eigenvalue weighted by atomic mass is 19.1. The maximum Gasteiger partial charge on any atom is 0.165 e. The van der Waals surface area contributed by atoms with Crippen LogP contribution in [0, 0.1) is 5.82 Å². The molecule has 0 spiro atoms. The van der Waals surface area contributed by atoms with Crippen LogP contribution >= 0.6 is 0 Å². The van der Waals surface area contributed by atoms with E-state index in [9.17, 15) is 9.50 Å². The first-order valence-corrected chi connectivity index (χ1v) is 12.0. The van der Waals surface area contributed by atoms with Gasteiger partial charge in [0.15, 0.2) is 17.4 Å². The van der Waals surface area contributed by atoms with E-state index in [0.29, 0.717) is 12.5 Å². The van der Waals surface area contributed by atoms with Gasteiger partial charge in [-0.1, -0.05) is 13.0 Å². The predicted octanol–water partition coefficient (Wildman–Crippen LogP) is 4.09. The van der Waals surface area contributed by atoms with Gasteiger partial charge in [-0.3, -0.25) is 10.00 Å². The molecule has 6 rings (SSSR count). The highest BCUT2D eigenvalue weighted by Crippen LogP contribution is 2.34. The lowest BCUT2D eigenvalue weighted by Crippen LogP contribution is -2.40. The number of fused-ring (bicyclic) bond motifs is 2. The van der Waals surface area contributed by atoms with Gasteiger partial charge in [0.1, 0.15) is 5.69 Å². The minimum Gasteiger partial charge on any atom is -0.505 e. The van der Waals surface area contributed by atoms with E-state index in [1.807, 2.05) is 25.1 Å². The zero-order valence-corrected chi connectivity index (χ0v) is 19.5. The number of phenolic OH excluding ortho intramolecular Hbond substituents is 1. The molecule has 176 valence electrons. The zero-order chi connectivity index (χ0) is 23.4. The summed E-state index contributed by atoms with van der Waals surface area (Å²) in [6, 6.07) is 9.50. The minimum absolute atomic E-state index is 0.314. The number of aryl methyl sites for hydroxylation is 1. The molecule has 3 N–H and O–H groups in total. The molecule has 0 radical (unpaired) electrons. The molecular weight excluding hydrogens is 431 g/mol. The van der Waals surface area contributed by atoms with Crippen LogP contribution in [0.25, 0.3) is 33.5 Å². The Hall–Kier alpha value is -3.23. The Morgan fingerprint density at radius 2 is 2.09 bits per heavy atom. The lowest BCUT2D eigenvalue weighted by molar-refractivity contribution is 0.178. The Morgan fingerprint density at radius 1 is 1.21 bits per heavy atom. The number of hydrogen-bond acceptors (Lipinski definition) is 5. The van der Waals surface area contributed by atoms with Crippen molar-refractivity contribution in [1.29, 1.82) is 0 Å². The van der Waals surface area contributed by atoms with Crippen molar-refractivity contribution in [2.75, 3.05) is 26.7 Å². The number of phenols is 1. The second-order valence-corrected chi connectivity index (χ2v) is 9.58. The second kappa shape index (κ2) is 8.21. The third kappa shape index (κ3) is 3.58. The fourth-order valence-corrected chi connectivity index (χ4v) is 5.48. The third-order valence-electron chi connectivity index (χ3n) is 7.40. The summed E-state index contributed by atoms with van der Waals surface area (Å²) in [6.07, 6.45) is 2.87. The van der Waals surface area contributed by atoms with Gasteiger partial charge in [0.2, 0.25) is 0 Å². The summed E-state index contributed by atoms with van der Waals surface area (Å²) in [5, 5.41) is 18.4. The average molecular weight is 461 g/mol. The average Bonchev–Trinajstić information content (AvgIpc) is 3.57. The molecule has 1 fully saturated rings. The van der Waals surface area contributed by atoms with E-state index in [4.69, 9.17) is 4.98 Å². The Kier molecular flexibility index (Phi) is 5.15. The Labute approximate surface area is 197 Å². The van der Waals surface area contributed by atoms with Gasteiger partial charge in [0.25, 0.3) is 0 Å². The van der Waals surface area contributed by atoms with Gasteiger partial charge < -0.3 is 15.0 Å². The summed E-state index contributed by atoms with van der Waals surface area (Å²) in [5.41, 5.74) is 6.56. The first kappa shape index (κ1) is 21.3. The van der Waals surface area contributed by atoms with Crippen LogP contribution < -0.4 is 0 Å². The largest absolute Gasteiger partial charge is 0.505 e. The topological polar surface area (TPSA) is 84.1 Å². The maximum absolute atomic E-state index is 14.1. The minimum atomic E-state index is -0.614. The summed E-state index contributed by atoms with van der Waals surface area (Å²) < 4.78 is 14.1. The van der Waals surface area contributed by atoms with Crippen molar-refractivity contribution in [3.63, 3.8) is 0 Å². The molecule has 4 heterocycles. The first-order chi connectivity index (χ1) is 16.5. The number of nitrogens with one attached hydrogen (secondary N) is 2. The van der Waals surface area contributed by atoms with Crippen LogP contribution in [-0.4, -0.2) is 67.8 Å². The Bertz CT molecular complexity index is 1380. The van der Waals surface area contributed by atoms with Gasteiger partial charge >= 0.3 is 0 Å². The van der Waals surface area contributed by atoms with Crippen molar-refractivity contribution in [1.82, 2.24) is 30.0 Å². The molecule has 2 aromatic heterocycles. The lowest BCUT2D eigenvalue weighted by atomic mass is 9.96. The predicted molar refractivity (Wildman–Crippen MR) is 130 cm³/mol. The van der Waals surface area contributed by atoms with E-state index in [1.165, 1.54) is 30.8 Å². The lowest BCUT2D eigenvalue weighted by Gasteiger charge is -2.31. The van der Waals surface area contributed by atoms with E-state index < -0.39 is 5.82 Å². The number of likely N-dealkylation sites (N-methyl/N-ethyl adjacent to an activating group) is 1. The van der Waals surface area contributed by atoms with Crippen molar-refractivity contribution in [3.8, 4) is 28.4 Å². The molecule has 0 bridgehead atoms. The molecule has 8 heteroatoms. The molecule has 1 unspecified atom stereocenters. The molecule has 7 nitrogen and oxygen atoms in total. The fraction of sp³-hybridized carbons (Fsp3) is 0.385. The molecule has 1 atom stereocenters. The summed E-state index contributed by atoms with van der Waals surface area (Å²) in [5.74, 6) is -0.137. The highest BCUT2D eigenvalue weighted by Gasteiger charge is 2.30. The van der Waals surface area contributed by atoms with Crippen LogP contribution in [-0.2, 0) is 19.4 Å². The molecule has 2 aromatic carbocycles. The van der Waals surface area contributed by atoms with Gasteiger partial charge in [-0.2, -0.15) is 5.10 Å². The number of hydrogen-bond donors (Lipinski definition) is 3. The number of benzene rings is 2. The summed E-state index contributed by atoms with van der Waals surface area (Å²) in [4.78, 5) is 13.4. The van der Waals surface area contributed by atoms with E-state index in [2.05, 4.69) is 32.0 Å². The second-order valence-electron chi connectivity index (χ2n) is 9.58. The number of aromatic nitrogens is 4. The van der Waals surface area contributed by atoms with E-state index >= 15 is 0 Å². The van der Waals surface area contributed by atoms with Crippen LogP contribution in [0.5, 0.6) is 5.75 Å². The standard InChI is InChI=1S/C26H29FN6O/c1-3-15-11-24(34)20(27)12-19(15)16-4-5-18-22(10-16)30-31-25(18)26-28-21-7-9-33(14-23(21)29-26)17-6-8-32(2)13-17/h4-5,10-12,17,34H,3,6-9,13-14H2,1-2H3,(H,28,29)(H,30,31). The number of aromatic amines is 2. The molecule has 4 aromatic rings. The fourth-order valence-electron chi connectivity index (χ4n) is 5.48. The third-order valence-corrected chi connectivity index (χ3v) is 7.40. The summed E-state index contributed by atoms with van der Waals surface area (Å²) in [7, 11) is 2.19. The van der Waals surface area contributed by atoms with Crippen molar-refractivity contribution < 1.29 is 9.50 Å². The molecule has 1 saturated heterocycles. The first-order valence-electron chi connectivity index (χ1n) is 12.0. The quantitative estimate of drug-likeness (QED) is 0.427. The highest BCUT2D eigenvalue weighted by molar-refractivity contribution is 5.94. The van der Waals surface area contributed by atoms with Crippen LogP contribution in [0.3, 0.4) is 0 Å². The molecule has 2 aliphatic rings. The smallest absolute Gasteiger partial charge is 0.165 e. The number of halogens is 1. The van der Waals surface area contributed by atoms with E-state index in [1.54, 1.807) is 0 Å². The van der Waals surface area contributed by atoms with Crippen LogP contribution in [0.15, 0.2) is 30.3 Å². The van der Waals surface area contributed by atoms with Gasteiger partial charge in [-0.15, -0.1) is 0 Å². The number of H-pyrrole nitrogens is 2. The molecular formula is C26H29FN6O. The summed E-state index contributed by atoms with van der Waals surface area (Å²) >= 11 is 0. The van der Waals surface area contributed by atoms with Gasteiger partial charge in [0, 0.05) is 37.5 Å². The Morgan fingerprint density at radius 3 is 2.88 bits per heavy atom. The zero-order valence-electron chi connectivity index (χ0n) is 19.5. The molecule has 2 aliphatic heterocycles. The number of aromatic hydroxyl groups is 1. The maximum atomic E-state index is 14.1. The molecule has 34 heavy (non-hydrogen) atoms.